The van der Waals surface area contributed by atoms with E-state index in [2.05, 4.69) is 12.2 Å². The fourth-order valence-corrected chi connectivity index (χ4v) is 1.67. The molecule has 0 aliphatic heterocycles. The second kappa shape index (κ2) is 11.3. The van der Waals surface area contributed by atoms with Gasteiger partial charge in [0.1, 0.15) is 0 Å². The summed E-state index contributed by atoms with van der Waals surface area (Å²) in [6.07, 6.45) is 3.48. The van der Waals surface area contributed by atoms with E-state index in [4.69, 9.17) is 5.11 Å². The van der Waals surface area contributed by atoms with E-state index in [1.807, 2.05) is 11.8 Å². The quantitative estimate of drug-likeness (QED) is 0.542. The van der Waals surface area contributed by atoms with Crippen LogP contribution < -0.4 is 5.32 Å². The van der Waals surface area contributed by atoms with Crippen LogP contribution in [0.2, 0.25) is 0 Å². The average molecular weight is 191 g/mol. The molecule has 0 atom stereocenters. The highest BCUT2D eigenvalue weighted by atomic mass is 32.2. The molecule has 0 rings (SSSR count). The fourth-order valence-electron chi connectivity index (χ4n) is 0.840. The maximum atomic E-state index is 8.51. The molecule has 0 amide bonds. The van der Waals surface area contributed by atoms with E-state index < -0.39 is 0 Å². The van der Waals surface area contributed by atoms with Crippen LogP contribution in [0.5, 0.6) is 0 Å². The number of thioether (sulfide) groups is 1. The summed E-state index contributed by atoms with van der Waals surface area (Å²) in [5.41, 5.74) is 0. The Morgan fingerprint density at radius 1 is 1.17 bits per heavy atom. The smallest absolute Gasteiger partial charge is 0.0438 e. The first-order chi connectivity index (χ1) is 5.91. The minimum atomic E-state index is 0.330. The molecule has 0 spiro atoms. The lowest BCUT2D eigenvalue weighted by atomic mass is 10.3. The summed E-state index contributed by atoms with van der Waals surface area (Å²) in [6.45, 7) is 4.79. The normalized spacial score (nSPS) is 10.5. The highest BCUT2D eigenvalue weighted by Gasteiger charge is 1.88. The van der Waals surface area contributed by atoms with Gasteiger partial charge in [-0.15, -0.1) is 0 Å². The predicted octanol–water partition coefficient (Wildman–Crippen LogP) is 1.49. The van der Waals surface area contributed by atoms with Crippen LogP contribution in [-0.4, -0.2) is 36.3 Å². The first-order valence-electron chi connectivity index (χ1n) is 4.81. The molecule has 0 heterocycles. The van der Waals surface area contributed by atoms with E-state index in [1.165, 1.54) is 18.6 Å². The summed E-state index contributed by atoms with van der Waals surface area (Å²) in [6, 6.07) is 0. The third-order valence-corrected chi connectivity index (χ3v) is 2.65. The molecular formula is C9H21NOS. The van der Waals surface area contributed by atoms with Crippen LogP contribution in [0.4, 0.5) is 0 Å². The number of hydrogen-bond donors (Lipinski definition) is 2. The molecule has 0 bridgehead atoms. The summed E-state index contributed by atoms with van der Waals surface area (Å²) in [7, 11) is 0. The lowest BCUT2D eigenvalue weighted by Crippen LogP contribution is -2.18. The van der Waals surface area contributed by atoms with Crippen LogP contribution >= 0.6 is 11.8 Å². The van der Waals surface area contributed by atoms with Crippen molar-refractivity contribution in [2.45, 2.75) is 26.2 Å². The molecule has 0 aromatic carbocycles. The Morgan fingerprint density at radius 2 is 2.00 bits per heavy atom. The zero-order valence-corrected chi connectivity index (χ0v) is 8.83. The Kier molecular flexibility index (Phi) is 11.5. The number of unbranched alkanes of at least 4 members (excludes halogenated alkanes) is 1. The number of rotatable bonds is 9. The van der Waals surface area contributed by atoms with Gasteiger partial charge in [0.15, 0.2) is 0 Å². The number of hydrogen-bond acceptors (Lipinski definition) is 3. The molecule has 0 aliphatic carbocycles. The Balaban J connectivity index is 2.73. The average Bonchev–Trinajstić information content (AvgIpc) is 2.10. The third-order valence-electron chi connectivity index (χ3n) is 1.58. The molecule has 0 fully saturated rings. The van der Waals surface area contributed by atoms with E-state index in [0.29, 0.717) is 6.61 Å². The lowest BCUT2D eigenvalue weighted by Gasteiger charge is -2.02. The van der Waals surface area contributed by atoms with Gasteiger partial charge in [0.2, 0.25) is 0 Å². The zero-order chi connectivity index (χ0) is 9.07. The third kappa shape index (κ3) is 10.3. The lowest BCUT2D eigenvalue weighted by molar-refractivity contribution is 0.296. The molecule has 2 nitrogen and oxygen atoms in total. The maximum Gasteiger partial charge on any atom is 0.0438 e. The molecule has 0 unspecified atom stereocenters. The summed E-state index contributed by atoms with van der Waals surface area (Å²) in [5.74, 6) is 2.26. The van der Waals surface area contributed by atoms with Gasteiger partial charge in [-0.25, -0.2) is 0 Å². The van der Waals surface area contributed by atoms with Crippen LogP contribution in [-0.2, 0) is 0 Å². The van der Waals surface area contributed by atoms with Gasteiger partial charge < -0.3 is 10.4 Å². The van der Waals surface area contributed by atoms with Crippen LogP contribution in [0.15, 0.2) is 0 Å². The molecule has 0 aromatic rings. The molecule has 74 valence electrons. The summed E-state index contributed by atoms with van der Waals surface area (Å²) >= 11 is 1.91. The van der Waals surface area contributed by atoms with Crippen molar-refractivity contribution in [3.05, 3.63) is 0 Å². The van der Waals surface area contributed by atoms with Gasteiger partial charge in [0.25, 0.3) is 0 Å². The van der Waals surface area contributed by atoms with Crippen LogP contribution in [0, 0.1) is 0 Å². The first kappa shape index (κ1) is 12.3. The van der Waals surface area contributed by atoms with Crippen LogP contribution in [0.25, 0.3) is 0 Å². The molecule has 3 heteroatoms. The van der Waals surface area contributed by atoms with E-state index in [-0.39, 0.29) is 0 Å². The highest BCUT2D eigenvalue weighted by molar-refractivity contribution is 7.99. The SMILES string of the molecule is CCCCNCCSCCCO. The fraction of sp³-hybridized carbons (Fsp3) is 1.00. The number of aliphatic hydroxyl groups is 1. The van der Waals surface area contributed by atoms with Crippen molar-refractivity contribution in [1.82, 2.24) is 5.32 Å². The minimum Gasteiger partial charge on any atom is -0.396 e. The van der Waals surface area contributed by atoms with Gasteiger partial charge in [0.05, 0.1) is 0 Å². The Labute approximate surface area is 80.1 Å². The topological polar surface area (TPSA) is 32.3 Å². The van der Waals surface area contributed by atoms with Crippen molar-refractivity contribution in [1.29, 1.82) is 0 Å². The standard InChI is InChI=1S/C9H21NOS/c1-2-3-5-10-6-9-12-8-4-7-11/h10-11H,2-9H2,1H3. The van der Waals surface area contributed by atoms with Crippen molar-refractivity contribution >= 4 is 11.8 Å². The maximum absolute atomic E-state index is 8.51. The molecular weight excluding hydrogens is 170 g/mol. The van der Waals surface area contributed by atoms with Crippen LogP contribution in [0.3, 0.4) is 0 Å². The molecule has 2 N–H and O–H groups in total. The van der Waals surface area contributed by atoms with Crippen LogP contribution in [0.1, 0.15) is 26.2 Å². The summed E-state index contributed by atoms with van der Waals surface area (Å²) < 4.78 is 0. The molecule has 0 aromatic heterocycles. The largest absolute Gasteiger partial charge is 0.396 e. The summed E-state index contributed by atoms with van der Waals surface area (Å²) in [4.78, 5) is 0. The van der Waals surface area contributed by atoms with Crippen molar-refractivity contribution in [2.75, 3.05) is 31.2 Å². The minimum absolute atomic E-state index is 0.330. The first-order valence-corrected chi connectivity index (χ1v) is 5.96. The zero-order valence-electron chi connectivity index (χ0n) is 8.01. The number of nitrogens with one attached hydrogen (secondary N) is 1. The molecule has 0 saturated carbocycles. The van der Waals surface area contributed by atoms with Crippen molar-refractivity contribution in [2.24, 2.45) is 0 Å². The molecule has 0 aliphatic rings. The van der Waals surface area contributed by atoms with Crippen molar-refractivity contribution in [3.63, 3.8) is 0 Å². The van der Waals surface area contributed by atoms with Gasteiger partial charge in [-0.3, -0.25) is 0 Å². The predicted molar refractivity (Wildman–Crippen MR) is 56.8 cm³/mol. The number of aliphatic hydroxyl groups excluding tert-OH is 1. The van der Waals surface area contributed by atoms with E-state index in [1.54, 1.807) is 0 Å². The molecule has 0 saturated heterocycles. The van der Waals surface area contributed by atoms with Crippen molar-refractivity contribution in [3.8, 4) is 0 Å². The molecule has 0 radical (unpaired) electrons. The monoisotopic (exact) mass is 191 g/mol. The Hall–Kier alpha value is 0.270. The Bertz CT molecular complexity index is 70.9. The van der Waals surface area contributed by atoms with Crippen molar-refractivity contribution < 1.29 is 5.11 Å². The Morgan fingerprint density at radius 3 is 2.67 bits per heavy atom. The molecule has 12 heavy (non-hydrogen) atoms. The summed E-state index contributed by atoms with van der Waals surface area (Å²) in [5, 5.41) is 11.9. The van der Waals surface area contributed by atoms with Gasteiger partial charge in [0, 0.05) is 18.9 Å². The van der Waals surface area contributed by atoms with Gasteiger partial charge in [-0.1, -0.05) is 13.3 Å². The van der Waals surface area contributed by atoms with Gasteiger partial charge in [-0.05, 0) is 25.1 Å². The van der Waals surface area contributed by atoms with E-state index >= 15 is 0 Å². The van der Waals surface area contributed by atoms with E-state index in [0.717, 1.165) is 25.3 Å². The highest BCUT2D eigenvalue weighted by Crippen LogP contribution is 1.99. The van der Waals surface area contributed by atoms with E-state index in [9.17, 15) is 0 Å². The van der Waals surface area contributed by atoms with Gasteiger partial charge in [-0.2, -0.15) is 11.8 Å². The second-order valence-corrected chi connectivity index (χ2v) is 4.02. The second-order valence-electron chi connectivity index (χ2n) is 2.79. The van der Waals surface area contributed by atoms with Gasteiger partial charge >= 0.3 is 0 Å².